The zero-order chi connectivity index (χ0) is 17.9. The Morgan fingerprint density at radius 1 is 1.00 bits per heavy atom. The molecule has 4 rings (SSSR count). The zero-order valence-corrected chi connectivity index (χ0v) is 14.3. The predicted molar refractivity (Wildman–Crippen MR) is 97.3 cm³/mol. The van der Waals surface area contributed by atoms with E-state index in [-0.39, 0.29) is 11.9 Å². The van der Waals surface area contributed by atoms with Crippen molar-refractivity contribution in [1.82, 2.24) is 20.2 Å². The summed E-state index contributed by atoms with van der Waals surface area (Å²) in [6.07, 6.45) is 3.44. The molecule has 1 N–H and O–H groups in total. The Hall–Kier alpha value is -3.16. The minimum Gasteiger partial charge on any atom is -0.337 e. The molecule has 1 aromatic heterocycles. The number of anilines is 2. The number of aromatic nitrogens is 2. The summed E-state index contributed by atoms with van der Waals surface area (Å²) in [7, 11) is 0. The van der Waals surface area contributed by atoms with E-state index in [1.165, 1.54) is 0 Å². The second kappa shape index (κ2) is 6.99. The number of hydrogen-bond acceptors (Lipinski definition) is 5. The number of piperazine rings is 1. The van der Waals surface area contributed by atoms with Gasteiger partial charge in [0.25, 0.3) is 5.91 Å². The maximum Gasteiger partial charge on any atom is 0.321 e. The first-order valence-electron chi connectivity index (χ1n) is 8.69. The van der Waals surface area contributed by atoms with E-state index >= 15 is 0 Å². The number of rotatable bonds is 3. The van der Waals surface area contributed by atoms with Gasteiger partial charge >= 0.3 is 6.03 Å². The summed E-state index contributed by atoms with van der Waals surface area (Å²) >= 11 is 0. The second-order valence-corrected chi connectivity index (χ2v) is 6.26. The molecule has 3 heterocycles. The first kappa shape index (κ1) is 16.3. The van der Waals surface area contributed by atoms with E-state index in [9.17, 15) is 9.59 Å². The molecule has 2 aromatic rings. The van der Waals surface area contributed by atoms with Crippen molar-refractivity contribution in [3.63, 3.8) is 0 Å². The number of carbonyl (C=O) groups excluding carboxylic acids is 2. The molecule has 2 aliphatic heterocycles. The quantitative estimate of drug-likeness (QED) is 0.890. The molecule has 0 unspecified atom stereocenters. The Bertz CT molecular complexity index is 804. The standard InChI is InChI=1S/C18H20N6O2/c25-16(14-3-1-4-15(13-14)24-8-7-21-18(24)26)22-9-11-23(12-10-22)17-19-5-2-6-20-17/h1-6,13H,7-12H2,(H,21,26). The van der Waals surface area contributed by atoms with Crippen LogP contribution in [0.5, 0.6) is 0 Å². The minimum absolute atomic E-state index is 0.0138. The van der Waals surface area contributed by atoms with Crippen LogP contribution in [0, 0.1) is 0 Å². The van der Waals surface area contributed by atoms with Gasteiger partial charge in [-0.2, -0.15) is 0 Å². The molecule has 0 saturated carbocycles. The maximum absolute atomic E-state index is 12.8. The lowest BCUT2D eigenvalue weighted by Crippen LogP contribution is -2.49. The molecule has 8 nitrogen and oxygen atoms in total. The van der Waals surface area contributed by atoms with E-state index in [0.29, 0.717) is 50.8 Å². The molecule has 2 fully saturated rings. The third-order valence-electron chi connectivity index (χ3n) is 4.66. The number of nitrogens with zero attached hydrogens (tertiary/aromatic N) is 5. The summed E-state index contributed by atoms with van der Waals surface area (Å²) in [4.78, 5) is 38.8. The highest BCUT2D eigenvalue weighted by atomic mass is 16.2. The van der Waals surface area contributed by atoms with Crippen molar-refractivity contribution < 1.29 is 9.59 Å². The van der Waals surface area contributed by atoms with Gasteiger partial charge in [0.2, 0.25) is 5.95 Å². The van der Waals surface area contributed by atoms with Crippen LogP contribution < -0.4 is 15.1 Å². The van der Waals surface area contributed by atoms with Crippen LogP contribution in [0.4, 0.5) is 16.4 Å². The van der Waals surface area contributed by atoms with Gasteiger partial charge in [-0.05, 0) is 24.3 Å². The number of nitrogens with one attached hydrogen (secondary N) is 1. The van der Waals surface area contributed by atoms with Crippen molar-refractivity contribution in [2.75, 3.05) is 49.1 Å². The van der Waals surface area contributed by atoms with Crippen LogP contribution in [0.3, 0.4) is 0 Å². The zero-order valence-electron chi connectivity index (χ0n) is 14.3. The van der Waals surface area contributed by atoms with Gasteiger partial charge in [-0.1, -0.05) is 6.07 Å². The van der Waals surface area contributed by atoms with Crippen molar-refractivity contribution in [3.05, 3.63) is 48.3 Å². The second-order valence-electron chi connectivity index (χ2n) is 6.26. The molecular weight excluding hydrogens is 332 g/mol. The number of amides is 3. The maximum atomic E-state index is 12.8. The van der Waals surface area contributed by atoms with Crippen molar-refractivity contribution in [3.8, 4) is 0 Å². The highest BCUT2D eigenvalue weighted by Gasteiger charge is 2.25. The summed E-state index contributed by atoms with van der Waals surface area (Å²) in [6.45, 7) is 3.87. The average molecular weight is 352 g/mol. The Kier molecular flexibility index (Phi) is 4.39. The molecule has 26 heavy (non-hydrogen) atoms. The molecule has 8 heteroatoms. The van der Waals surface area contributed by atoms with Gasteiger partial charge in [0.05, 0.1) is 0 Å². The highest BCUT2D eigenvalue weighted by molar-refractivity contribution is 5.98. The molecule has 0 aliphatic carbocycles. The van der Waals surface area contributed by atoms with E-state index < -0.39 is 0 Å². The topological polar surface area (TPSA) is 81.7 Å². The molecule has 2 aliphatic rings. The lowest BCUT2D eigenvalue weighted by atomic mass is 10.1. The van der Waals surface area contributed by atoms with Crippen LogP contribution in [0.15, 0.2) is 42.7 Å². The molecule has 0 spiro atoms. The molecule has 3 amide bonds. The minimum atomic E-state index is -0.119. The van der Waals surface area contributed by atoms with Crippen LogP contribution in [0.1, 0.15) is 10.4 Å². The molecule has 134 valence electrons. The third-order valence-corrected chi connectivity index (χ3v) is 4.66. The largest absolute Gasteiger partial charge is 0.337 e. The summed E-state index contributed by atoms with van der Waals surface area (Å²) in [5, 5.41) is 2.77. The van der Waals surface area contributed by atoms with Crippen molar-refractivity contribution in [2.45, 2.75) is 0 Å². The predicted octanol–water partition coefficient (Wildman–Crippen LogP) is 0.969. The molecular formula is C18H20N6O2. The van der Waals surface area contributed by atoms with Crippen LogP contribution in [0.25, 0.3) is 0 Å². The molecule has 0 bridgehead atoms. The van der Waals surface area contributed by atoms with Gasteiger partial charge in [0, 0.05) is 62.9 Å². The van der Waals surface area contributed by atoms with Gasteiger partial charge in [-0.3, -0.25) is 9.69 Å². The fourth-order valence-corrected chi connectivity index (χ4v) is 3.27. The van der Waals surface area contributed by atoms with Crippen molar-refractivity contribution >= 4 is 23.6 Å². The van der Waals surface area contributed by atoms with Crippen LogP contribution in [-0.2, 0) is 0 Å². The monoisotopic (exact) mass is 352 g/mol. The lowest BCUT2D eigenvalue weighted by Gasteiger charge is -2.34. The van der Waals surface area contributed by atoms with Gasteiger partial charge in [0.1, 0.15) is 0 Å². The summed E-state index contributed by atoms with van der Waals surface area (Å²) in [5.74, 6) is 0.682. The first-order chi connectivity index (χ1) is 12.7. The Morgan fingerprint density at radius 2 is 1.77 bits per heavy atom. The SMILES string of the molecule is O=C(c1cccc(N2CCNC2=O)c1)N1CCN(c2ncccn2)CC1. The lowest BCUT2D eigenvalue weighted by molar-refractivity contribution is 0.0746. The van der Waals surface area contributed by atoms with Gasteiger partial charge in [0.15, 0.2) is 0 Å². The number of benzene rings is 1. The van der Waals surface area contributed by atoms with Crippen LogP contribution in [-0.4, -0.2) is 66.1 Å². The number of carbonyl (C=O) groups is 2. The molecule has 2 saturated heterocycles. The normalized spacial score (nSPS) is 17.4. The summed E-state index contributed by atoms with van der Waals surface area (Å²) in [5.41, 5.74) is 1.36. The van der Waals surface area contributed by atoms with E-state index in [2.05, 4.69) is 20.2 Å². The molecule has 1 aromatic carbocycles. The molecule has 0 radical (unpaired) electrons. The Morgan fingerprint density at radius 3 is 2.46 bits per heavy atom. The highest BCUT2D eigenvalue weighted by Crippen LogP contribution is 2.20. The number of urea groups is 1. The van der Waals surface area contributed by atoms with Crippen LogP contribution >= 0.6 is 0 Å². The van der Waals surface area contributed by atoms with E-state index in [4.69, 9.17) is 0 Å². The number of hydrogen-bond donors (Lipinski definition) is 1. The average Bonchev–Trinajstić information content (AvgIpc) is 3.14. The summed E-state index contributed by atoms with van der Waals surface area (Å²) in [6, 6.07) is 8.93. The van der Waals surface area contributed by atoms with Crippen molar-refractivity contribution in [2.24, 2.45) is 0 Å². The summed E-state index contributed by atoms with van der Waals surface area (Å²) < 4.78 is 0. The smallest absolute Gasteiger partial charge is 0.321 e. The first-order valence-corrected chi connectivity index (χ1v) is 8.69. The fraction of sp³-hybridized carbons (Fsp3) is 0.333. The Balaban J connectivity index is 1.43. The van der Waals surface area contributed by atoms with E-state index in [1.54, 1.807) is 35.5 Å². The van der Waals surface area contributed by atoms with Gasteiger partial charge in [-0.25, -0.2) is 14.8 Å². The van der Waals surface area contributed by atoms with E-state index in [0.717, 1.165) is 5.69 Å². The van der Waals surface area contributed by atoms with Crippen LogP contribution in [0.2, 0.25) is 0 Å². The fourth-order valence-electron chi connectivity index (χ4n) is 3.27. The van der Waals surface area contributed by atoms with E-state index in [1.807, 2.05) is 17.0 Å². The van der Waals surface area contributed by atoms with Gasteiger partial charge < -0.3 is 15.1 Å². The van der Waals surface area contributed by atoms with Crippen molar-refractivity contribution in [1.29, 1.82) is 0 Å². The third kappa shape index (κ3) is 3.17. The van der Waals surface area contributed by atoms with Gasteiger partial charge in [-0.15, -0.1) is 0 Å². The molecule has 0 atom stereocenters. The Labute approximate surface area is 151 Å².